The summed E-state index contributed by atoms with van der Waals surface area (Å²) in [5.74, 6) is -0.211. The van der Waals surface area contributed by atoms with Crippen molar-refractivity contribution in [2.45, 2.75) is 45.6 Å². The molecule has 0 saturated carbocycles. The number of hydrogen-bond donors (Lipinski definition) is 0. The molecule has 1 aromatic carbocycles. The Morgan fingerprint density at radius 2 is 2.05 bits per heavy atom. The van der Waals surface area contributed by atoms with E-state index in [1.54, 1.807) is 0 Å². The van der Waals surface area contributed by atoms with Gasteiger partial charge in [0.25, 0.3) is 0 Å². The van der Waals surface area contributed by atoms with Crippen LogP contribution in [0.2, 0.25) is 0 Å². The zero-order valence-electron chi connectivity index (χ0n) is 12.6. The van der Waals surface area contributed by atoms with Crippen molar-refractivity contribution in [2.24, 2.45) is 0 Å². The van der Waals surface area contributed by atoms with E-state index in [9.17, 15) is 4.79 Å². The highest BCUT2D eigenvalue weighted by Crippen LogP contribution is 2.16. The Kier molecular flexibility index (Phi) is 5.60. The van der Waals surface area contributed by atoms with Gasteiger partial charge in [-0.1, -0.05) is 24.1 Å². The number of hydrogen-bond acceptors (Lipinski definition) is 3. The molecule has 1 saturated heterocycles. The summed E-state index contributed by atoms with van der Waals surface area (Å²) in [7, 11) is 0. The Bertz CT molecular complexity index is 427. The Hall–Kier alpha value is -1.35. The van der Waals surface area contributed by atoms with Gasteiger partial charge in [-0.2, -0.15) is 0 Å². The normalized spacial score (nSPS) is 19.8. The van der Waals surface area contributed by atoms with Gasteiger partial charge in [0.15, 0.2) is 0 Å². The number of carbonyl (C=O) groups excluding carboxylic acids is 1. The van der Waals surface area contributed by atoms with Crippen LogP contribution in [0.15, 0.2) is 24.3 Å². The van der Waals surface area contributed by atoms with Gasteiger partial charge >= 0.3 is 5.97 Å². The molecule has 0 aromatic heterocycles. The Morgan fingerprint density at radius 3 is 2.75 bits per heavy atom. The molecular weight excluding hydrogens is 250 g/mol. The lowest BCUT2D eigenvalue weighted by atomic mass is 10.0. The van der Waals surface area contributed by atoms with Crippen LogP contribution in [0.1, 0.15) is 48.5 Å². The summed E-state index contributed by atoms with van der Waals surface area (Å²) < 4.78 is 5.33. The topological polar surface area (TPSA) is 29.5 Å². The minimum atomic E-state index is -0.211. The van der Waals surface area contributed by atoms with E-state index >= 15 is 0 Å². The van der Waals surface area contributed by atoms with Gasteiger partial charge in [0.1, 0.15) is 0 Å². The van der Waals surface area contributed by atoms with Crippen molar-refractivity contribution < 1.29 is 9.53 Å². The first-order chi connectivity index (χ1) is 9.66. The number of ether oxygens (including phenoxy) is 1. The molecule has 0 aliphatic carbocycles. The standard InChI is InChI=1S/C17H25NO2/c1-14-7-9-16(10-8-14)17(19)20-13-5-12-18-11-4-3-6-15(18)2/h7-10,15H,3-6,11-13H2,1-2H3. The van der Waals surface area contributed by atoms with Crippen LogP contribution >= 0.6 is 0 Å². The van der Waals surface area contributed by atoms with Crippen molar-refractivity contribution in [1.29, 1.82) is 0 Å². The number of carbonyl (C=O) groups is 1. The predicted molar refractivity (Wildman–Crippen MR) is 81.0 cm³/mol. The lowest BCUT2D eigenvalue weighted by Crippen LogP contribution is -2.38. The van der Waals surface area contributed by atoms with Gasteiger partial charge in [-0.25, -0.2) is 4.79 Å². The van der Waals surface area contributed by atoms with Crippen molar-refractivity contribution in [3.63, 3.8) is 0 Å². The summed E-state index contributed by atoms with van der Waals surface area (Å²) in [5.41, 5.74) is 1.79. The molecule has 20 heavy (non-hydrogen) atoms. The molecule has 0 radical (unpaired) electrons. The van der Waals surface area contributed by atoms with E-state index in [-0.39, 0.29) is 5.97 Å². The maximum atomic E-state index is 11.8. The quantitative estimate of drug-likeness (QED) is 0.609. The fourth-order valence-corrected chi connectivity index (χ4v) is 2.70. The summed E-state index contributed by atoms with van der Waals surface area (Å²) in [6, 6.07) is 8.20. The molecule has 3 heteroatoms. The van der Waals surface area contributed by atoms with Crippen molar-refractivity contribution in [3.8, 4) is 0 Å². The van der Waals surface area contributed by atoms with Gasteiger partial charge in [-0.3, -0.25) is 0 Å². The number of nitrogens with zero attached hydrogens (tertiary/aromatic N) is 1. The van der Waals surface area contributed by atoms with E-state index in [1.165, 1.54) is 25.8 Å². The SMILES string of the molecule is Cc1ccc(C(=O)OCCCN2CCCCC2C)cc1. The second-order valence-electron chi connectivity index (χ2n) is 5.74. The monoisotopic (exact) mass is 275 g/mol. The number of likely N-dealkylation sites (tertiary alicyclic amines) is 1. The largest absolute Gasteiger partial charge is 0.462 e. The molecule has 0 bridgehead atoms. The van der Waals surface area contributed by atoms with Crippen molar-refractivity contribution in [3.05, 3.63) is 35.4 Å². The van der Waals surface area contributed by atoms with E-state index in [2.05, 4.69) is 11.8 Å². The average Bonchev–Trinajstić information content (AvgIpc) is 2.46. The molecular formula is C17H25NO2. The molecule has 1 heterocycles. The molecule has 110 valence electrons. The fraction of sp³-hybridized carbons (Fsp3) is 0.588. The molecule has 1 aliphatic heterocycles. The Labute approximate surface area is 121 Å². The first kappa shape index (κ1) is 15.0. The molecule has 1 aromatic rings. The van der Waals surface area contributed by atoms with Gasteiger partial charge < -0.3 is 9.64 Å². The number of piperidine rings is 1. The minimum absolute atomic E-state index is 0.211. The van der Waals surface area contributed by atoms with Gasteiger partial charge in [-0.15, -0.1) is 0 Å². The second kappa shape index (κ2) is 7.44. The molecule has 3 nitrogen and oxygen atoms in total. The number of rotatable bonds is 5. The number of esters is 1. The van der Waals surface area contributed by atoms with E-state index in [1.807, 2.05) is 31.2 Å². The van der Waals surface area contributed by atoms with Crippen molar-refractivity contribution >= 4 is 5.97 Å². The third-order valence-electron chi connectivity index (χ3n) is 4.05. The summed E-state index contributed by atoms with van der Waals surface area (Å²) in [5, 5.41) is 0. The van der Waals surface area contributed by atoms with Gasteiger partial charge in [-0.05, 0) is 51.8 Å². The maximum Gasteiger partial charge on any atom is 0.338 e. The molecule has 1 fully saturated rings. The third-order valence-corrected chi connectivity index (χ3v) is 4.05. The molecule has 2 rings (SSSR count). The summed E-state index contributed by atoms with van der Waals surface area (Å²) in [6.45, 7) is 7.03. The molecule has 0 N–H and O–H groups in total. The Morgan fingerprint density at radius 1 is 1.30 bits per heavy atom. The van der Waals surface area contributed by atoms with Gasteiger partial charge in [0.2, 0.25) is 0 Å². The third kappa shape index (κ3) is 4.34. The van der Waals surface area contributed by atoms with Gasteiger partial charge in [0.05, 0.1) is 12.2 Å². The van der Waals surface area contributed by atoms with Gasteiger partial charge in [0, 0.05) is 12.6 Å². The van der Waals surface area contributed by atoms with E-state index in [0.29, 0.717) is 18.2 Å². The van der Waals surface area contributed by atoms with E-state index in [4.69, 9.17) is 4.74 Å². The lowest BCUT2D eigenvalue weighted by Gasteiger charge is -2.33. The molecule has 1 unspecified atom stereocenters. The van der Waals surface area contributed by atoms with Crippen molar-refractivity contribution in [2.75, 3.05) is 19.7 Å². The second-order valence-corrected chi connectivity index (χ2v) is 5.74. The summed E-state index contributed by atoms with van der Waals surface area (Å²) in [4.78, 5) is 14.3. The molecule has 1 atom stereocenters. The fourth-order valence-electron chi connectivity index (χ4n) is 2.70. The molecule has 0 amide bonds. The van der Waals surface area contributed by atoms with Crippen LogP contribution in [-0.4, -0.2) is 36.6 Å². The van der Waals surface area contributed by atoms with Crippen LogP contribution in [0, 0.1) is 6.92 Å². The zero-order chi connectivity index (χ0) is 14.4. The molecule has 0 spiro atoms. The summed E-state index contributed by atoms with van der Waals surface area (Å²) >= 11 is 0. The number of aryl methyl sites for hydroxylation is 1. The number of benzene rings is 1. The van der Waals surface area contributed by atoms with Crippen LogP contribution in [0.4, 0.5) is 0 Å². The highest BCUT2D eigenvalue weighted by Gasteiger charge is 2.17. The highest BCUT2D eigenvalue weighted by molar-refractivity contribution is 5.89. The van der Waals surface area contributed by atoms with Crippen LogP contribution in [0.3, 0.4) is 0 Å². The summed E-state index contributed by atoms with van der Waals surface area (Å²) in [6.07, 6.45) is 4.86. The Balaban J connectivity index is 1.67. The highest BCUT2D eigenvalue weighted by atomic mass is 16.5. The average molecular weight is 275 g/mol. The first-order valence-electron chi connectivity index (χ1n) is 7.64. The van der Waals surface area contributed by atoms with Crippen molar-refractivity contribution in [1.82, 2.24) is 4.90 Å². The van der Waals surface area contributed by atoms with E-state index < -0.39 is 0 Å². The zero-order valence-corrected chi connectivity index (χ0v) is 12.6. The first-order valence-corrected chi connectivity index (χ1v) is 7.64. The lowest BCUT2D eigenvalue weighted by molar-refractivity contribution is 0.0475. The van der Waals surface area contributed by atoms with Crippen LogP contribution in [0.5, 0.6) is 0 Å². The minimum Gasteiger partial charge on any atom is -0.462 e. The predicted octanol–water partition coefficient (Wildman–Crippen LogP) is 3.42. The van der Waals surface area contributed by atoms with Crippen LogP contribution in [0.25, 0.3) is 0 Å². The maximum absolute atomic E-state index is 11.8. The van der Waals surface area contributed by atoms with Crippen LogP contribution < -0.4 is 0 Å². The molecule has 1 aliphatic rings. The smallest absolute Gasteiger partial charge is 0.338 e. The van der Waals surface area contributed by atoms with E-state index in [0.717, 1.165) is 18.5 Å². The van der Waals surface area contributed by atoms with Crippen LogP contribution in [-0.2, 0) is 4.74 Å².